The van der Waals surface area contributed by atoms with Gasteiger partial charge in [-0.1, -0.05) is 12.1 Å². The van der Waals surface area contributed by atoms with Crippen molar-refractivity contribution in [1.82, 2.24) is 20.0 Å². The number of phenolic OH excluding ortho intramolecular Hbond substituents is 1. The molecular formula is C16H22N4O2. The van der Waals surface area contributed by atoms with Crippen molar-refractivity contribution in [1.29, 1.82) is 0 Å². The second-order valence-electron chi connectivity index (χ2n) is 5.34. The quantitative estimate of drug-likeness (QED) is 0.885. The number of aromatic nitrogens is 2. The van der Waals surface area contributed by atoms with E-state index >= 15 is 0 Å². The standard InChI is InChI=1S/C16H22N4O2/c1-4-17-16(22)20-12(9-10-19(2)3)11-14(18-20)13-7-5-6-8-15(13)21/h5-8,11,21H,4,9-10H2,1-3H3,(H,17,22). The van der Waals surface area contributed by atoms with E-state index in [9.17, 15) is 9.90 Å². The van der Waals surface area contributed by atoms with E-state index < -0.39 is 0 Å². The summed E-state index contributed by atoms with van der Waals surface area (Å²) in [6.45, 7) is 3.22. The number of likely N-dealkylation sites (N-methyl/N-ethyl adjacent to an activating group) is 1. The van der Waals surface area contributed by atoms with Gasteiger partial charge in [-0.2, -0.15) is 9.78 Å². The third-order valence-electron chi connectivity index (χ3n) is 3.30. The van der Waals surface area contributed by atoms with Crippen LogP contribution in [0.2, 0.25) is 0 Å². The van der Waals surface area contributed by atoms with Crippen LogP contribution in [0, 0.1) is 0 Å². The largest absolute Gasteiger partial charge is 0.507 e. The molecule has 6 heteroatoms. The Morgan fingerprint density at radius 3 is 2.73 bits per heavy atom. The summed E-state index contributed by atoms with van der Waals surface area (Å²) < 4.78 is 1.38. The van der Waals surface area contributed by atoms with Gasteiger partial charge in [0.25, 0.3) is 0 Å². The maximum atomic E-state index is 12.2. The van der Waals surface area contributed by atoms with E-state index in [4.69, 9.17) is 0 Å². The van der Waals surface area contributed by atoms with E-state index in [1.807, 2.05) is 33.2 Å². The van der Waals surface area contributed by atoms with Crippen LogP contribution in [0.3, 0.4) is 0 Å². The first-order chi connectivity index (χ1) is 10.5. The Bertz CT molecular complexity index is 649. The number of hydrogen-bond acceptors (Lipinski definition) is 4. The van der Waals surface area contributed by atoms with Gasteiger partial charge in [0, 0.05) is 25.1 Å². The second kappa shape index (κ2) is 7.09. The van der Waals surface area contributed by atoms with Gasteiger partial charge in [-0.3, -0.25) is 0 Å². The summed E-state index contributed by atoms with van der Waals surface area (Å²) in [5.74, 6) is 0.155. The molecule has 0 bridgehead atoms. The first kappa shape index (κ1) is 16.0. The van der Waals surface area contributed by atoms with Gasteiger partial charge < -0.3 is 15.3 Å². The van der Waals surface area contributed by atoms with Crippen molar-refractivity contribution < 1.29 is 9.90 Å². The lowest BCUT2D eigenvalue weighted by atomic mass is 10.1. The minimum atomic E-state index is -0.252. The maximum absolute atomic E-state index is 12.2. The minimum absolute atomic E-state index is 0.155. The van der Waals surface area contributed by atoms with Crippen molar-refractivity contribution in [3.8, 4) is 17.0 Å². The van der Waals surface area contributed by atoms with Crippen LogP contribution >= 0.6 is 0 Å². The first-order valence-electron chi connectivity index (χ1n) is 7.33. The molecular weight excluding hydrogens is 280 g/mol. The first-order valence-corrected chi connectivity index (χ1v) is 7.33. The highest BCUT2D eigenvalue weighted by Crippen LogP contribution is 2.28. The summed E-state index contributed by atoms with van der Waals surface area (Å²) >= 11 is 0. The number of phenols is 1. The van der Waals surface area contributed by atoms with Gasteiger partial charge in [0.15, 0.2) is 0 Å². The summed E-state index contributed by atoms with van der Waals surface area (Å²) in [5.41, 5.74) is 2.03. The molecule has 0 aliphatic rings. The molecule has 1 amide bonds. The van der Waals surface area contributed by atoms with Crippen LogP contribution < -0.4 is 5.32 Å². The molecule has 0 unspecified atom stereocenters. The fraction of sp³-hybridized carbons (Fsp3) is 0.375. The lowest BCUT2D eigenvalue weighted by Crippen LogP contribution is -2.31. The molecule has 2 aromatic rings. The molecule has 0 aliphatic heterocycles. The molecule has 6 nitrogen and oxygen atoms in total. The third kappa shape index (κ3) is 3.65. The molecule has 0 radical (unpaired) electrons. The van der Waals surface area contributed by atoms with Gasteiger partial charge in [-0.15, -0.1) is 0 Å². The monoisotopic (exact) mass is 302 g/mol. The van der Waals surface area contributed by atoms with Crippen molar-refractivity contribution in [2.24, 2.45) is 0 Å². The molecule has 2 N–H and O–H groups in total. The second-order valence-corrected chi connectivity index (χ2v) is 5.34. The number of nitrogens with one attached hydrogen (secondary N) is 1. The summed E-state index contributed by atoms with van der Waals surface area (Å²) in [6.07, 6.45) is 0.699. The lowest BCUT2D eigenvalue weighted by molar-refractivity contribution is 0.239. The minimum Gasteiger partial charge on any atom is -0.507 e. The number of carbonyl (C=O) groups is 1. The van der Waals surface area contributed by atoms with Gasteiger partial charge in [-0.25, -0.2) is 4.79 Å². The predicted octanol–water partition coefficient (Wildman–Crippen LogP) is 1.94. The maximum Gasteiger partial charge on any atom is 0.342 e. The number of aromatic hydroxyl groups is 1. The van der Waals surface area contributed by atoms with Gasteiger partial charge in [0.1, 0.15) is 5.75 Å². The van der Waals surface area contributed by atoms with E-state index in [1.165, 1.54) is 4.68 Å². The van der Waals surface area contributed by atoms with Gasteiger partial charge >= 0.3 is 6.03 Å². The van der Waals surface area contributed by atoms with Gasteiger partial charge in [0.2, 0.25) is 0 Å². The predicted molar refractivity (Wildman–Crippen MR) is 86.1 cm³/mol. The Balaban J connectivity index is 2.38. The number of carbonyl (C=O) groups excluding carboxylic acids is 1. The van der Waals surface area contributed by atoms with Crippen LogP contribution in [0.4, 0.5) is 4.79 Å². The average molecular weight is 302 g/mol. The molecule has 0 fully saturated rings. The number of nitrogens with zero attached hydrogens (tertiary/aromatic N) is 3. The molecule has 0 spiro atoms. The Morgan fingerprint density at radius 1 is 1.36 bits per heavy atom. The molecule has 0 aliphatic carbocycles. The van der Waals surface area contributed by atoms with Crippen LogP contribution in [-0.4, -0.2) is 53.0 Å². The Hall–Kier alpha value is -2.34. The number of hydrogen-bond donors (Lipinski definition) is 2. The molecule has 1 heterocycles. The van der Waals surface area contributed by atoms with E-state index in [1.54, 1.807) is 18.2 Å². The van der Waals surface area contributed by atoms with E-state index in [0.29, 0.717) is 24.2 Å². The van der Waals surface area contributed by atoms with Crippen LogP contribution in [0.5, 0.6) is 5.75 Å². The van der Waals surface area contributed by atoms with Gasteiger partial charge in [-0.05, 0) is 39.2 Å². The molecule has 1 aromatic heterocycles. The Labute approximate surface area is 130 Å². The Kier molecular flexibility index (Phi) is 5.16. The fourth-order valence-electron chi connectivity index (χ4n) is 2.16. The van der Waals surface area contributed by atoms with E-state index in [0.717, 1.165) is 12.2 Å². The smallest absolute Gasteiger partial charge is 0.342 e. The highest BCUT2D eigenvalue weighted by molar-refractivity contribution is 5.78. The zero-order chi connectivity index (χ0) is 16.1. The highest BCUT2D eigenvalue weighted by atomic mass is 16.3. The molecule has 1 aromatic carbocycles. The van der Waals surface area contributed by atoms with Crippen molar-refractivity contribution in [2.75, 3.05) is 27.2 Å². The summed E-state index contributed by atoms with van der Waals surface area (Å²) in [4.78, 5) is 14.2. The SMILES string of the molecule is CCNC(=O)n1nc(-c2ccccc2O)cc1CCN(C)C. The molecule has 2 rings (SSSR count). The van der Waals surface area contributed by atoms with Crippen molar-refractivity contribution >= 4 is 6.03 Å². The zero-order valence-electron chi connectivity index (χ0n) is 13.2. The molecule has 0 saturated heterocycles. The van der Waals surface area contributed by atoms with Crippen molar-refractivity contribution in [2.45, 2.75) is 13.3 Å². The topological polar surface area (TPSA) is 70.4 Å². The van der Waals surface area contributed by atoms with Crippen LogP contribution in [0.25, 0.3) is 11.3 Å². The number of benzene rings is 1. The zero-order valence-corrected chi connectivity index (χ0v) is 13.2. The molecule has 0 atom stereocenters. The molecule has 118 valence electrons. The van der Waals surface area contributed by atoms with Crippen molar-refractivity contribution in [3.05, 3.63) is 36.0 Å². The summed E-state index contributed by atoms with van der Waals surface area (Å²) in [6, 6.07) is 8.59. The average Bonchev–Trinajstić information content (AvgIpc) is 2.90. The Morgan fingerprint density at radius 2 is 2.09 bits per heavy atom. The number of para-hydroxylation sites is 1. The molecule has 22 heavy (non-hydrogen) atoms. The highest BCUT2D eigenvalue weighted by Gasteiger charge is 2.16. The normalized spacial score (nSPS) is 10.9. The lowest BCUT2D eigenvalue weighted by Gasteiger charge is -2.10. The molecule has 0 saturated carbocycles. The summed E-state index contributed by atoms with van der Waals surface area (Å²) in [7, 11) is 3.97. The third-order valence-corrected chi connectivity index (χ3v) is 3.30. The van der Waals surface area contributed by atoms with Crippen molar-refractivity contribution in [3.63, 3.8) is 0 Å². The van der Waals surface area contributed by atoms with Crippen LogP contribution in [0.1, 0.15) is 12.6 Å². The van der Waals surface area contributed by atoms with E-state index in [2.05, 4.69) is 15.3 Å². The summed E-state index contributed by atoms with van der Waals surface area (Å²) in [5, 5.41) is 17.1. The number of amides is 1. The van der Waals surface area contributed by atoms with Crippen LogP contribution in [0.15, 0.2) is 30.3 Å². The van der Waals surface area contributed by atoms with Crippen LogP contribution in [-0.2, 0) is 6.42 Å². The fourth-order valence-corrected chi connectivity index (χ4v) is 2.16. The number of rotatable bonds is 5. The van der Waals surface area contributed by atoms with E-state index in [-0.39, 0.29) is 11.8 Å². The van der Waals surface area contributed by atoms with Gasteiger partial charge in [0.05, 0.1) is 11.4 Å².